The number of esters is 1. The van der Waals surface area contributed by atoms with Gasteiger partial charge in [-0.2, -0.15) is 0 Å². The normalized spacial score (nSPS) is 29.2. The van der Waals surface area contributed by atoms with Gasteiger partial charge in [0.1, 0.15) is 17.4 Å². The molecule has 3 aliphatic rings. The highest BCUT2D eigenvalue weighted by molar-refractivity contribution is 9.09. The molecule has 3 fully saturated rings. The Balaban J connectivity index is 1.66. The molecule has 0 aliphatic carbocycles. The molecule has 10 heteroatoms. The fourth-order valence-corrected chi connectivity index (χ4v) is 6.99. The predicted molar refractivity (Wildman–Crippen MR) is 145 cm³/mol. The number of methoxy groups -OCH3 is 1. The first-order valence-electron chi connectivity index (χ1n) is 12.9. The molecule has 6 atom stereocenters. The third-order valence-corrected chi connectivity index (χ3v) is 8.49. The number of allylic oxidation sites excluding steroid dienone is 1. The van der Waals surface area contributed by atoms with Crippen LogP contribution in [0.5, 0.6) is 5.75 Å². The Hall–Kier alpha value is -2.69. The molecule has 3 heterocycles. The molecule has 1 aromatic carbocycles. The number of likely N-dealkylation sites (tertiary alicyclic amines) is 1. The Morgan fingerprint density at radius 2 is 2.00 bits per heavy atom. The number of halogens is 1. The molecule has 3 unspecified atom stereocenters. The monoisotopic (exact) mass is 590 g/mol. The van der Waals surface area contributed by atoms with Crippen LogP contribution in [-0.4, -0.2) is 83.8 Å². The lowest BCUT2D eigenvalue weighted by molar-refractivity contribution is -0.155. The quantitative estimate of drug-likeness (QED) is 0.163. The summed E-state index contributed by atoms with van der Waals surface area (Å²) in [6.07, 6.45) is 5.57. The smallest absolute Gasteiger partial charge is 0.312 e. The number of carbonyl (C=O) groups excluding carboxylic acids is 3. The number of aliphatic hydroxyl groups is 1. The van der Waals surface area contributed by atoms with Crippen LogP contribution in [-0.2, 0) is 23.9 Å². The van der Waals surface area contributed by atoms with E-state index in [1.54, 1.807) is 37.5 Å². The summed E-state index contributed by atoms with van der Waals surface area (Å²) in [5.41, 5.74) is -0.619. The number of nitrogens with zero attached hydrogens (tertiary/aromatic N) is 2. The second-order valence-corrected chi connectivity index (χ2v) is 11.0. The molecule has 2 amide bonds. The molecule has 38 heavy (non-hydrogen) atoms. The molecule has 0 aromatic heterocycles. The minimum absolute atomic E-state index is 0.0532. The summed E-state index contributed by atoms with van der Waals surface area (Å²) in [6, 6.07) is 5.99. The lowest BCUT2D eigenvalue weighted by Gasteiger charge is -2.37. The maximum Gasteiger partial charge on any atom is 0.312 e. The highest BCUT2D eigenvalue weighted by atomic mass is 79.9. The zero-order valence-corrected chi connectivity index (χ0v) is 23.2. The average molecular weight is 591 g/mol. The van der Waals surface area contributed by atoms with E-state index >= 15 is 0 Å². The molecule has 3 saturated heterocycles. The Labute approximate surface area is 231 Å². The highest BCUT2D eigenvalue weighted by Gasteiger charge is 2.77. The SMILES string of the molecule is C=CCCCCOC(=O)[C@H]1[C@@H]2OC3(CC2Br)C(C(=O)N(CC=C)c2ccc(OC)cc2)N(CCO)C(=O)[C@H]13. The molecule has 4 rings (SSSR count). The molecule has 3 aliphatic heterocycles. The lowest BCUT2D eigenvalue weighted by atomic mass is 9.70. The molecule has 1 spiro atoms. The number of aliphatic hydroxyl groups excluding tert-OH is 1. The van der Waals surface area contributed by atoms with Crippen LogP contribution in [0, 0.1) is 11.8 Å². The topological polar surface area (TPSA) is 106 Å². The first-order valence-corrected chi connectivity index (χ1v) is 13.8. The van der Waals surface area contributed by atoms with Gasteiger partial charge in [-0.3, -0.25) is 14.4 Å². The number of amides is 2. The summed E-state index contributed by atoms with van der Waals surface area (Å²) in [5.74, 6) is -2.30. The predicted octanol–water partition coefficient (Wildman–Crippen LogP) is 2.85. The summed E-state index contributed by atoms with van der Waals surface area (Å²) < 4.78 is 17.3. The number of hydrogen-bond donors (Lipinski definition) is 1. The Bertz CT molecular complexity index is 1060. The van der Waals surface area contributed by atoms with Gasteiger partial charge >= 0.3 is 5.97 Å². The van der Waals surface area contributed by atoms with Crippen molar-refractivity contribution in [3.05, 3.63) is 49.6 Å². The van der Waals surface area contributed by atoms with Gasteiger partial charge in [0.05, 0.1) is 38.3 Å². The van der Waals surface area contributed by atoms with Gasteiger partial charge in [0.25, 0.3) is 5.91 Å². The van der Waals surface area contributed by atoms with Crippen molar-refractivity contribution < 1.29 is 33.7 Å². The Morgan fingerprint density at radius 3 is 2.63 bits per heavy atom. The van der Waals surface area contributed by atoms with Gasteiger partial charge in [0.15, 0.2) is 0 Å². The number of benzene rings is 1. The molecule has 1 aromatic rings. The molecule has 0 radical (unpaired) electrons. The molecule has 9 nitrogen and oxygen atoms in total. The Morgan fingerprint density at radius 1 is 1.26 bits per heavy atom. The van der Waals surface area contributed by atoms with Gasteiger partial charge in [0, 0.05) is 23.6 Å². The number of alkyl halides is 1. The van der Waals surface area contributed by atoms with Crippen molar-refractivity contribution in [2.45, 2.75) is 48.3 Å². The maximum atomic E-state index is 14.3. The number of hydrogen-bond acceptors (Lipinski definition) is 7. The highest BCUT2D eigenvalue weighted by Crippen LogP contribution is 2.60. The Kier molecular flexibility index (Phi) is 8.95. The molecular weight excluding hydrogens is 556 g/mol. The van der Waals surface area contributed by atoms with E-state index in [9.17, 15) is 19.5 Å². The summed E-state index contributed by atoms with van der Waals surface area (Å²) in [4.78, 5) is 44.0. The number of rotatable bonds is 13. The summed E-state index contributed by atoms with van der Waals surface area (Å²) in [6.45, 7) is 7.55. The van der Waals surface area contributed by atoms with Crippen LogP contribution in [0.3, 0.4) is 0 Å². The van der Waals surface area contributed by atoms with Gasteiger partial charge in [-0.25, -0.2) is 0 Å². The first-order chi connectivity index (χ1) is 18.3. The number of ether oxygens (including phenoxy) is 3. The van der Waals surface area contributed by atoms with Gasteiger partial charge in [-0.1, -0.05) is 28.1 Å². The number of β-amino-alcohol motifs (C(OH)–C–C–N with tert-alkyl or cyclic N) is 1. The largest absolute Gasteiger partial charge is 0.497 e. The fraction of sp³-hybridized carbons (Fsp3) is 0.536. The van der Waals surface area contributed by atoms with E-state index < -0.39 is 35.6 Å². The second kappa shape index (κ2) is 12.0. The van der Waals surface area contributed by atoms with Crippen molar-refractivity contribution in [2.24, 2.45) is 11.8 Å². The van der Waals surface area contributed by atoms with Crippen LogP contribution >= 0.6 is 15.9 Å². The molecule has 206 valence electrons. The van der Waals surface area contributed by atoms with Crippen molar-refractivity contribution in [3.63, 3.8) is 0 Å². The van der Waals surface area contributed by atoms with E-state index in [4.69, 9.17) is 14.2 Å². The third kappa shape index (κ3) is 4.89. The van der Waals surface area contributed by atoms with Crippen molar-refractivity contribution in [2.75, 3.05) is 38.3 Å². The molecule has 0 saturated carbocycles. The van der Waals surface area contributed by atoms with Crippen LogP contribution in [0.15, 0.2) is 49.6 Å². The van der Waals surface area contributed by atoms with Gasteiger partial charge < -0.3 is 29.1 Å². The van der Waals surface area contributed by atoms with Gasteiger partial charge in [-0.15, -0.1) is 13.2 Å². The van der Waals surface area contributed by atoms with E-state index in [1.807, 2.05) is 6.08 Å². The van der Waals surface area contributed by atoms with Crippen molar-refractivity contribution in [1.82, 2.24) is 4.90 Å². The minimum Gasteiger partial charge on any atom is -0.497 e. The number of unbranched alkanes of at least 4 members (excludes halogenated alkanes) is 2. The summed E-state index contributed by atoms with van der Waals surface area (Å²) in [7, 11) is 1.56. The lowest BCUT2D eigenvalue weighted by Crippen LogP contribution is -2.57. The average Bonchev–Trinajstić information content (AvgIpc) is 3.50. The van der Waals surface area contributed by atoms with E-state index in [1.165, 1.54) is 9.80 Å². The van der Waals surface area contributed by atoms with E-state index in [0.717, 1.165) is 12.8 Å². The summed E-state index contributed by atoms with van der Waals surface area (Å²) in [5, 5.41) is 9.81. The van der Waals surface area contributed by atoms with Crippen LogP contribution < -0.4 is 9.64 Å². The number of carbonyl (C=O) groups is 3. The van der Waals surface area contributed by atoms with E-state index in [2.05, 4.69) is 29.1 Å². The first kappa shape index (κ1) is 28.3. The second-order valence-electron chi connectivity index (χ2n) is 9.81. The maximum absolute atomic E-state index is 14.3. The van der Waals surface area contributed by atoms with Crippen LogP contribution in [0.4, 0.5) is 5.69 Å². The van der Waals surface area contributed by atoms with Crippen LogP contribution in [0.1, 0.15) is 25.7 Å². The third-order valence-electron chi connectivity index (χ3n) is 7.64. The van der Waals surface area contributed by atoms with E-state index in [0.29, 0.717) is 24.3 Å². The zero-order chi connectivity index (χ0) is 27.4. The standard InChI is InChI=1S/C28H35BrN2O7/c1-4-6-7-8-16-37-27(35)21-22-25(33)31(14-15-32)24(28(22)17-20(29)23(21)38-28)26(34)30(13-5-2)18-9-11-19(36-3)12-10-18/h4-5,9-12,20-24,32H,1-2,6-8,13-17H2,3H3/t20?,21-,22+,23-,24?,28?/m1/s1. The minimum atomic E-state index is -1.22. The van der Waals surface area contributed by atoms with Crippen LogP contribution in [0.2, 0.25) is 0 Å². The summed E-state index contributed by atoms with van der Waals surface area (Å²) >= 11 is 3.64. The van der Waals surface area contributed by atoms with E-state index in [-0.39, 0.29) is 42.9 Å². The van der Waals surface area contributed by atoms with Crippen LogP contribution in [0.25, 0.3) is 0 Å². The van der Waals surface area contributed by atoms with Gasteiger partial charge in [-0.05, 0) is 49.9 Å². The van der Waals surface area contributed by atoms with Crippen molar-refractivity contribution in [1.29, 1.82) is 0 Å². The molecular formula is C28H35BrN2O7. The zero-order valence-electron chi connectivity index (χ0n) is 21.6. The van der Waals surface area contributed by atoms with Gasteiger partial charge in [0.2, 0.25) is 5.91 Å². The van der Waals surface area contributed by atoms with Crippen molar-refractivity contribution in [3.8, 4) is 5.75 Å². The number of fused-ring (bicyclic) bond motifs is 1. The fourth-order valence-electron chi connectivity index (χ4n) is 6.05. The molecule has 2 bridgehead atoms. The van der Waals surface area contributed by atoms with Crippen molar-refractivity contribution >= 4 is 39.4 Å². The number of anilines is 1. The molecule has 1 N–H and O–H groups in total.